The summed E-state index contributed by atoms with van der Waals surface area (Å²) in [7, 11) is 0. The molecule has 0 unspecified atom stereocenters. The molecule has 254 valence electrons. The smallest absolute Gasteiger partial charge is 0.0540 e. The average molecular weight is 706 g/mol. The van der Waals surface area contributed by atoms with Crippen molar-refractivity contribution in [3.05, 3.63) is 212 Å². The lowest BCUT2D eigenvalue weighted by atomic mass is 9.96. The SMILES string of the molecule is c1ccc(-c2ccc(-c3ccccc3N(c3ccc(-c4cccc(-c5ccc6ccccc6c5)c4)cc3)c3ccc4sc5ccccc5c4c3)cc2)cc1. The van der Waals surface area contributed by atoms with Gasteiger partial charge in [0.1, 0.15) is 0 Å². The minimum atomic E-state index is 1.11. The molecule has 0 N–H and O–H groups in total. The fourth-order valence-electron chi connectivity index (χ4n) is 7.72. The predicted molar refractivity (Wildman–Crippen MR) is 233 cm³/mol. The van der Waals surface area contributed by atoms with Crippen LogP contribution in [0.25, 0.3) is 75.5 Å². The van der Waals surface area contributed by atoms with Crippen LogP contribution in [0.3, 0.4) is 0 Å². The Bertz CT molecular complexity index is 2920. The van der Waals surface area contributed by atoms with E-state index in [9.17, 15) is 0 Å². The Morgan fingerprint density at radius 2 is 0.852 bits per heavy atom. The highest BCUT2D eigenvalue weighted by Gasteiger charge is 2.19. The lowest BCUT2D eigenvalue weighted by Gasteiger charge is -2.28. The van der Waals surface area contributed by atoms with Crippen molar-refractivity contribution in [1.82, 2.24) is 0 Å². The summed E-state index contributed by atoms with van der Waals surface area (Å²) in [6.45, 7) is 0. The summed E-state index contributed by atoms with van der Waals surface area (Å²) in [6.07, 6.45) is 0. The van der Waals surface area contributed by atoms with E-state index >= 15 is 0 Å². The average Bonchev–Trinajstić information content (AvgIpc) is 3.63. The van der Waals surface area contributed by atoms with Crippen molar-refractivity contribution in [2.75, 3.05) is 4.90 Å². The van der Waals surface area contributed by atoms with Crippen molar-refractivity contribution in [3.63, 3.8) is 0 Å². The Kier molecular flexibility index (Phi) is 8.09. The summed E-state index contributed by atoms with van der Waals surface area (Å²) in [4.78, 5) is 2.42. The molecule has 0 saturated heterocycles. The molecule has 0 saturated carbocycles. The van der Waals surface area contributed by atoms with Crippen LogP contribution in [-0.2, 0) is 0 Å². The lowest BCUT2D eigenvalue weighted by Crippen LogP contribution is -2.11. The summed E-state index contributed by atoms with van der Waals surface area (Å²) < 4.78 is 2.61. The van der Waals surface area contributed by atoms with Gasteiger partial charge in [-0.05, 0) is 104 Å². The molecule has 0 aliphatic heterocycles. The summed E-state index contributed by atoms with van der Waals surface area (Å²) in [5.74, 6) is 0. The molecule has 0 spiro atoms. The normalized spacial score (nSPS) is 11.3. The van der Waals surface area contributed by atoms with E-state index in [1.165, 1.54) is 75.5 Å². The van der Waals surface area contributed by atoms with Crippen LogP contribution in [0.4, 0.5) is 17.1 Å². The molecule has 0 amide bonds. The number of para-hydroxylation sites is 1. The zero-order valence-electron chi connectivity index (χ0n) is 29.6. The van der Waals surface area contributed by atoms with E-state index < -0.39 is 0 Å². The number of fused-ring (bicyclic) bond motifs is 4. The van der Waals surface area contributed by atoms with Gasteiger partial charge in [-0.25, -0.2) is 0 Å². The van der Waals surface area contributed by atoms with E-state index in [2.05, 4.69) is 217 Å². The molecule has 1 heterocycles. The standard InChI is InChI=1S/C52H35NS/c1-2-11-36(12-3-1)38-21-24-40(25-22-38)47-17-6-8-19-50(47)53(46-31-32-52-49(35-46)48-18-7-9-20-51(48)54-52)45-29-27-39(28-30-45)42-15-10-16-43(33-42)44-26-23-37-13-4-5-14-41(37)34-44/h1-35H. The Morgan fingerprint density at radius 3 is 1.70 bits per heavy atom. The number of nitrogens with zero attached hydrogens (tertiary/aromatic N) is 1. The first-order chi connectivity index (χ1) is 26.7. The quantitative estimate of drug-likeness (QED) is 0.160. The third-order valence-corrected chi connectivity index (χ3v) is 11.6. The van der Waals surface area contributed by atoms with E-state index in [-0.39, 0.29) is 0 Å². The monoisotopic (exact) mass is 705 g/mol. The molecule has 2 heteroatoms. The van der Waals surface area contributed by atoms with E-state index in [0.29, 0.717) is 0 Å². The summed E-state index contributed by atoms with van der Waals surface area (Å²) in [5, 5.41) is 5.09. The van der Waals surface area contributed by atoms with E-state index in [1.54, 1.807) is 0 Å². The molecule has 0 radical (unpaired) electrons. The van der Waals surface area contributed by atoms with E-state index in [1.807, 2.05) is 11.3 Å². The molecule has 0 fully saturated rings. The van der Waals surface area contributed by atoms with Crippen LogP contribution in [0.2, 0.25) is 0 Å². The van der Waals surface area contributed by atoms with Gasteiger partial charge in [0.05, 0.1) is 5.69 Å². The van der Waals surface area contributed by atoms with Crippen LogP contribution in [-0.4, -0.2) is 0 Å². The maximum absolute atomic E-state index is 2.42. The largest absolute Gasteiger partial charge is 0.310 e. The Balaban J connectivity index is 1.07. The van der Waals surface area contributed by atoms with Crippen molar-refractivity contribution in [1.29, 1.82) is 0 Å². The number of thiophene rings is 1. The minimum absolute atomic E-state index is 1.11. The Labute approximate surface area is 319 Å². The van der Waals surface area contributed by atoms with E-state index in [0.717, 1.165) is 17.1 Å². The van der Waals surface area contributed by atoms with Gasteiger partial charge in [-0.15, -0.1) is 11.3 Å². The van der Waals surface area contributed by atoms with Crippen LogP contribution in [0, 0.1) is 0 Å². The number of benzene rings is 9. The molecule has 0 atom stereocenters. The van der Waals surface area contributed by atoms with Crippen LogP contribution in [0.15, 0.2) is 212 Å². The van der Waals surface area contributed by atoms with E-state index in [4.69, 9.17) is 0 Å². The second kappa shape index (κ2) is 13.7. The van der Waals surface area contributed by atoms with Gasteiger partial charge < -0.3 is 4.90 Å². The zero-order valence-corrected chi connectivity index (χ0v) is 30.4. The van der Waals surface area contributed by atoms with Crippen molar-refractivity contribution >= 4 is 59.3 Å². The van der Waals surface area contributed by atoms with Crippen LogP contribution < -0.4 is 4.90 Å². The van der Waals surface area contributed by atoms with Gasteiger partial charge in [0.15, 0.2) is 0 Å². The number of rotatable bonds is 7. The number of hydrogen-bond donors (Lipinski definition) is 0. The Hall–Kier alpha value is -6.74. The highest BCUT2D eigenvalue weighted by atomic mass is 32.1. The molecule has 0 aliphatic carbocycles. The molecule has 10 aromatic rings. The molecule has 54 heavy (non-hydrogen) atoms. The highest BCUT2D eigenvalue weighted by Crippen LogP contribution is 2.44. The number of anilines is 3. The van der Waals surface area contributed by atoms with Crippen LogP contribution in [0.1, 0.15) is 0 Å². The molecule has 0 aliphatic rings. The highest BCUT2D eigenvalue weighted by molar-refractivity contribution is 7.25. The molecule has 9 aromatic carbocycles. The van der Waals surface area contributed by atoms with Gasteiger partial charge in [0, 0.05) is 37.1 Å². The minimum Gasteiger partial charge on any atom is -0.310 e. The molecule has 1 nitrogen and oxygen atoms in total. The zero-order chi connectivity index (χ0) is 35.8. The van der Waals surface area contributed by atoms with Crippen molar-refractivity contribution in [2.45, 2.75) is 0 Å². The molecule has 1 aromatic heterocycles. The van der Waals surface area contributed by atoms with Gasteiger partial charge in [0.25, 0.3) is 0 Å². The summed E-state index contributed by atoms with van der Waals surface area (Å²) in [6, 6.07) is 77.2. The van der Waals surface area contributed by atoms with Crippen LogP contribution in [0.5, 0.6) is 0 Å². The maximum atomic E-state index is 2.42. The molecule has 0 bridgehead atoms. The molecular formula is C52H35NS. The molecule has 10 rings (SSSR count). The first-order valence-electron chi connectivity index (χ1n) is 18.4. The van der Waals surface area contributed by atoms with Gasteiger partial charge >= 0.3 is 0 Å². The Morgan fingerprint density at radius 1 is 0.296 bits per heavy atom. The van der Waals surface area contributed by atoms with Gasteiger partial charge in [-0.2, -0.15) is 0 Å². The van der Waals surface area contributed by atoms with Crippen molar-refractivity contribution in [2.24, 2.45) is 0 Å². The van der Waals surface area contributed by atoms with Crippen molar-refractivity contribution in [3.8, 4) is 44.5 Å². The first-order valence-corrected chi connectivity index (χ1v) is 19.2. The number of hydrogen-bond acceptors (Lipinski definition) is 2. The van der Waals surface area contributed by atoms with Gasteiger partial charge in [0.2, 0.25) is 0 Å². The maximum Gasteiger partial charge on any atom is 0.0540 e. The fraction of sp³-hybridized carbons (Fsp3) is 0. The lowest BCUT2D eigenvalue weighted by molar-refractivity contribution is 1.29. The second-order valence-corrected chi connectivity index (χ2v) is 14.8. The predicted octanol–water partition coefficient (Wildman–Crippen LogP) is 15.3. The van der Waals surface area contributed by atoms with Crippen molar-refractivity contribution < 1.29 is 0 Å². The topological polar surface area (TPSA) is 3.24 Å². The second-order valence-electron chi connectivity index (χ2n) is 13.8. The van der Waals surface area contributed by atoms with Gasteiger partial charge in [-0.3, -0.25) is 0 Å². The third-order valence-electron chi connectivity index (χ3n) is 10.5. The summed E-state index contributed by atoms with van der Waals surface area (Å²) >= 11 is 1.85. The molecular weight excluding hydrogens is 671 g/mol. The first kappa shape index (κ1) is 32.0. The third kappa shape index (κ3) is 5.93. The summed E-state index contributed by atoms with van der Waals surface area (Å²) in [5.41, 5.74) is 13.0. The van der Waals surface area contributed by atoms with Gasteiger partial charge in [-0.1, -0.05) is 158 Å². The fourth-order valence-corrected chi connectivity index (χ4v) is 8.80. The van der Waals surface area contributed by atoms with Crippen LogP contribution >= 0.6 is 11.3 Å².